The van der Waals surface area contributed by atoms with Crippen LogP contribution in [-0.4, -0.2) is 59.1 Å². The number of carbonyl (C=O) groups is 1. The molecule has 0 N–H and O–H groups in total. The van der Waals surface area contributed by atoms with Crippen LogP contribution in [0.15, 0.2) is 36.4 Å². The summed E-state index contributed by atoms with van der Waals surface area (Å²) in [6, 6.07) is 12.9. The maximum atomic E-state index is 12.3. The molecule has 28 heavy (non-hydrogen) atoms. The molecule has 4 aliphatic rings. The van der Waals surface area contributed by atoms with Gasteiger partial charge in [0.1, 0.15) is 6.10 Å². The topological polar surface area (TPSA) is 32.8 Å². The summed E-state index contributed by atoms with van der Waals surface area (Å²) in [5.41, 5.74) is 1.03. The Labute approximate surface area is 168 Å². The molecular formula is C24H32N2O2. The Balaban J connectivity index is 1.19. The minimum atomic E-state index is -0.200. The zero-order chi connectivity index (χ0) is 18.9. The van der Waals surface area contributed by atoms with Gasteiger partial charge in [-0.05, 0) is 56.7 Å². The lowest BCUT2D eigenvalue weighted by Crippen LogP contribution is -2.65. The van der Waals surface area contributed by atoms with Crippen molar-refractivity contribution in [3.8, 4) is 0 Å². The number of rotatable bonds is 3. The van der Waals surface area contributed by atoms with E-state index in [1.165, 1.54) is 45.1 Å². The zero-order valence-corrected chi connectivity index (χ0v) is 16.7. The van der Waals surface area contributed by atoms with E-state index in [2.05, 4.69) is 9.80 Å². The summed E-state index contributed by atoms with van der Waals surface area (Å²) in [5.74, 6) is -0.200. The van der Waals surface area contributed by atoms with Gasteiger partial charge in [-0.1, -0.05) is 36.8 Å². The number of nitrogens with zero attached hydrogens (tertiary/aromatic N) is 2. The van der Waals surface area contributed by atoms with Crippen LogP contribution in [-0.2, 0) is 9.53 Å². The number of fused-ring (bicyclic) bond motifs is 6. The molecule has 1 aromatic carbocycles. The summed E-state index contributed by atoms with van der Waals surface area (Å²) in [7, 11) is 0. The molecule has 4 saturated heterocycles. The molecular weight excluding hydrogens is 348 g/mol. The van der Waals surface area contributed by atoms with Crippen LogP contribution in [0.5, 0.6) is 0 Å². The number of hydrogen-bond acceptors (Lipinski definition) is 4. The minimum Gasteiger partial charge on any atom is -0.459 e. The van der Waals surface area contributed by atoms with Crippen molar-refractivity contribution in [2.45, 2.75) is 81.6 Å². The molecule has 0 amide bonds. The van der Waals surface area contributed by atoms with Gasteiger partial charge in [0.15, 0.2) is 0 Å². The van der Waals surface area contributed by atoms with Gasteiger partial charge < -0.3 is 4.74 Å². The average molecular weight is 381 g/mol. The van der Waals surface area contributed by atoms with Gasteiger partial charge in [-0.25, -0.2) is 4.79 Å². The molecule has 5 rings (SSSR count). The summed E-state index contributed by atoms with van der Waals surface area (Å²) in [6.45, 7) is 2.40. The molecule has 4 heteroatoms. The van der Waals surface area contributed by atoms with Crippen LogP contribution < -0.4 is 0 Å². The molecule has 4 fully saturated rings. The summed E-state index contributed by atoms with van der Waals surface area (Å²) in [4.78, 5) is 17.9. The molecule has 1 aromatic rings. The largest absolute Gasteiger partial charge is 0.459 e. The molecule has 150 valence electrons. The first kappa shape index (κ1) is 18.4. The fraction of sp³-hybridized carbons (Fsp3) is 0.625. The number of benzene rings is 1. The van der Waals surface area contributed by atoms with Crippen LogP contribution in [0.1, 0.15) is 56.9 Å². The van der Waals surface area contributed by atoms with Crippen molar-refractivity contribution in [1.82, 2.24) is 9.80 Å². The molecule has 0 aromatic heterocycles. The number of hydrogen-bond donors (Lipinski definition) is 0. The van der Waals surface area contributed by atoms with Crippen molar-refractivity contribution in [3.63, 3.8) is 0 Å². The van der Waals surface area contributed by atoms with Crippen LogP contribution >= 0.6 is 0 Å². The Morgan fingerprint density at radius 3 is 2.39 bits per heavy atom. The van der Waals surface area contributed by atoms with Crippen molar-refractivity contribution < 1.29 is 9.53 Å². The molecule has 4 nitrogen and oxygen atoms in total. The Morgan fingerprint density at radius 1 is 0.857 bits per heavy atom. The van der Waals surface area contributed by atoms with Crippen molar-refractivity contribution in [2.75, 3.05) is 13.1 Å². The highest BCUT2D eigenvalue weighted by atomic mass is 16.5. The molecule has 2 bridgehead atoms. The van der Waals surface area contributed by atoms with Crippen LogP contribution in [0.2, 0.25) is 0 Å². The highest BCUT2D eigenvalue weighted by Gasteiger charge is 2.47. The van der Waals surface area contributed by atoms with Crippen molar-refractivity contribution in [3.05, 3.63) is 42.0 Å². The van der Waals surface area contributed by atoms with Crippen molar-refractivity contribution in [1.29, 1.82) is 0 Å². The van der Waals surface area contributed by atoms with Crippen molar-refractivity contribution >= 4 is 12.0 Å². The van der Waals surface area contributed by atoms with Gasteiger partial charge >= 0.3 is 5.97 Å². The quantitative estimate of drug-likeness (QED) is 0.589. The first-order valence-electron chi connectivity index (χ1n) is 11.2. The second kappa shape index (κ2) is 8.00. The highest BCUT2D eigenvalue weighted by molar-refractivity contribution is 5.87. The molecule has 0 spiro atoms. The van der Waals surface area contributed by atoms with Gasteiger partial charge in [0.2, 0.25) is 0 Å². The summed E-state index contributed by atoms with van der Waals surface area (Å²) in [6.07, 6.45) is 13.7. The van der Waals surface area contributed by atoms with E-state index < -0.39 is 0 Å². The second-order valence-electron chi connectivity index (χ2n) is 9.12. The van der Waals surface area contributed by atoms with E-state index >= 15 is 0 Å². The smallest absolute Gasteiger partial charge is 0.331 e. The summed E-state index contributed by atoms with van der Waals surface area (Å²) < 4.78 is 5.82. The Morgan fingerprint density at radius 2 is 1.57 bits per heavy atom. The lowest BCUT2D eigenvalue weighted by molar-refractivity contribution is -0.149. The van der Waals surface area contributed by atoms with Crippen LogP contribution in [0.4, 0.5) is 0 Å². The zero-order valence-electron chi connectivity index (χ0n) is 16.7. The molecule has 4 aliphatic heterocycles. The van der Waals surface area contributed by atoms with Gasteiger partial charge in [-0.15, -0.1) is 0 Å². The van der Waals surface area contributed by atoms with E-state index in [1.54, 1.807) is 6.08 Å². The summed E-state index contributed by atoms with van der Waals surface area (Å²) >= 11 is 0. The number of ether oxygens (including phenoxy) is 1. The third-order valence-electron chi connectivity index (χ3n) is 7.45. The molecule has 5 atom stereocenters. The van der Waals surface area contributed by atoms with Gasteiger partial charge in [0, 0.05) is 43.2 Å². The lowest BCUT2D eigenvalue weighted by Gasteiger charge is -2.58. The van der Waals surface area contributed by atoms with E-state index in [0.29, 0.717) is 6.04 Å². The standard InChI is InChI=1S/C24H32N2O2/c27-24(10-9-18-6-2-1-3-7-18)28-23-11-13-26-20-14-19-8-4-5-12-25(19)21(15-20)16-22(26)17-23/h1-3,6-7,9-10,19-23H,4-5,8,11-17H2/b10-9-/t19-,20+,21+,22-,23?/m1/s1. The third-order valence-corrected chi connectivity index (χ3v) is 7.45. The van der Waals surface area contributed by atoms with Crippen molar-refractivity contribution in [2.24, 2.45) is 0 Å². The molecule has 0 saturated carbocycles. The Bertz CT molecular complexity index is 719. The SMILES string of the molecule is O=C(/C=C\c1ccccc1)OC1CCN2[C@@H]3C[C@@H](C[C@@H]2C1)N1CCCC[C@@H]1C3. The Hall–Kier alpha value is -1.65. The van der Waals surface area contributed by atoms with Gasteiger partial charge in [-0.3, -0.25) is 9.80 Å². The monoisotopic (exact) mass is 380 g/mol. The highest BCUT2D eigenvalue weighted by Crippen LogP contribution is 2.42. The Kier molecular flexibility index (Phi) is 5.25. The second-order valence-corrected chi connectivity index (χ2v) is 9.12. The maximum Gasteiger partial charge on any atom is 0.331 e. The third kappa shape index (κ3) is 3.77. The first-order chi connectivity index (χ1) is 13.8. The molecule has 4 heterocycles. The fourth-order valence-electron chi connectivity index (χ4n) is 6.22. The lowest BCUT2D eigenvalue weighted by atomic mass is 9.76. The van der Waals surface area contributed by atoms with E-state index in [-0.39, 0.29) is 12.1 Å². The number of esters is 1. The predicted molar refractivity (Wildman–Crippen MR) is 111 cm³/mol. The molecule has 0 radical (unpaired) electrons. The van der Waals surface area contributed by atoms with Crippen LogP contribution in [0.3, 0.4) is 0 Å². The van der Waals surface area contributed by atoms with Crippen LogP contribution in [0.25, 0.3) is 6.08 Å². The minimum absolute atomic E-state index is 0.0742. The number of piperidine rings is 4. The predicted octanol–water partition coefficient (Wildman–Crippen LogP) is 3.87. The van der Waals surface area contributed by atoms with Gasteiger partial charge in [0.05, 0.1) is 0 Å². The first-order valence-corrected chi connectivity index (χ1v) is 11.2. The molecule has 1 unspecified atom stereocenters. The number of carbonyl (C=O) groups excluding carboxylic acids is 1. The van der Waals surface area contributed by atoms with E-state index in [9.17, 15) is 4.79 Å². The normalized spacial score (nSPS) is 35.9. The van der Waals surface area contributed by atoms with E-state index in [1.807, 2.05) is 36.4 Å². The van der Waals surface area contributed by atoms with E-state index in [4.69, 9.17) is 4.74 Å². The molecule has 0 aliphatic carbocycles. The fourth-order valence-corrected chi connectivity index (χ4v) is 6.22. The van der Waals surface area contributed by atoms with E-state index in [0.717, 1.165) is 43.1 Å². The van der Waals surface area contributed by atoms with Gasteiger partial charge in [0.25, 0.3) is 0 Å². The van der Waals surface area contributed by atoms with Gasteiger partial charge in [-0.2, -0.15) is 0 Å². The average Bonchev–Trinajstić information content (AvgIpc) is 2.73. The maximum absolute atomic E-state index is 12.3. The summed E-state index contributed by atoms with van der Waals surface area (Å²) in [5, 5.41) is 0. The van der Waals surface area contributed by atoms with Crippen LogP contribution in [0, 0.1) is 0 Å².